The molecule has 0 fully saturated rings. The maximum absolute atomic E-state index is 12.9. The minimum atomic E-state index is -0.699. The van der Waals surface area contributed by atoms with Gasteiger partial charge in [-0.25, -0.2) is 5.84 Å². The SMILES string of the molecule is COc1ccc(/C=C(/NC(=O)c2cc(OC)c(OC)c(OC)c2)C(=O)NN)cc1OC. The number of rotatable bonds is 9. The molecule has 2 amide bonds. The summed E-state index contributed by atoms with van der Waals surface area (Å²) < 4.78 is 26.2. The predicted octanol–water partition coefficient (Wildman–Crippen LogP) is 1.49. The van der Waals surface area contributed by atoms with Crippen LogP contribution in [-0.4, -0.2) is 47.4 Å². The summed E-state index contributed by atoms with van der Waals surface area (Å²) in [6.07, 6.45) is 1.44. The van der Waals surface area contributed by atoms with E-state index in [0.29, 0.717) is 34.3 Å². The molecular weight excluding hydrogens is 406 g/mol. The van der Waals surface area contributed by atoms with Crippen LogP contribution in [0.15, 0.2) is 36.0 Å². The first-order valence-corrected chi connectivity index (χ1v) is 8.98. The minimum Gasteiger partial charge on any atom is -0.493 e. The Kier molecular flexibility index (Phi) is 8.09. The molecule has 2 aromatic rings. The monoisotopic (exact) mass is 431 g/mol. The molecular formula is C21H25N3O7. The zero-order chi connectivity index (χ0) is 23.0. The average molecular weight is 431 g/mol. The van der Waals surface area contributed by atoms with Gasteiger partial charge < -0.3 is 29.0 Å². The van der Waals surface area contributed by atoms with Gasteiger partial charge in [0.15, 0.2) is 23.0 Å². The molecule has 0 aliphatic rings. The smallest absolute Gasteiger partial charge is 0.281 e. The van der Waals surface area contributed by atoms with Gasteiger partial charge in [-0.2, -0.15) is 0 Å². The molecule has 0 unspecified atom stereocenters. The molecule has 0 bridgehead atoms. The first kappa shape index (κ1) is 23.4. The van der Waals surface area contributed by atoms with E-state index in [1.807, 2.05) is 5.43 Å². The van der Waals surface area contributed by atoms with Crippen LogP contribution in [0, 0.1) is 0 Å². The minimum absolute atomic E-state index is 0.0894. The summed E-state index contributed by atoms with van der Waals surface area (Å²) in [5.74, 6) is 5.89. The Balaban J connectivity index is 2.43. The fourth-order valence-electron chi connectivity index (χ4n) is 2.75. The third-order valence-electron chi connectivity index (χ3n) is 4.27. The van der Waals surface area contributed by atoms with E-state index < -0.39 is 11.8 Å². The van der Waals surface area contributed by atoms with E-state index in [4.69, 9.17) is 29.5 Å². The molecule has 0 radical (unpaired) electrons. The van der Waals surface area contributed by atoms with Crippen molar-refractivity contribution in [1.82, 2.24) is 10.7 Å². The number of hydrogen-bond acceptors (Lipinski definition) is 8. The van der Waals surface area contributed by atoms with Crippen LogP contribution in [0.4, 0.5) is 0 Å². The molecule has 2 aromatic carbocycles. The fourth-order valence-corrected chi connectivity index (χ4v) is 2.75. The van der Waals surface area contributed by atoms with Gasteiger partial charge >= 0.3 is 0 Å². The van der Waals surface area contributed by atoms with E-state index in [1.54, 1.807) is 18.2 Å². The Morgan fingerprint density at radius 1 is 0.806 bits per heavy atom. The Hall–Kier alpha value is -3.92. The molecule has 4 N–H and O–H groups in total. The van der Waals surface area contributed by atoms with Crippen LogP contribution >= 0.6 is 0 Å². The zero-order valence-electron chi connectivity index (χ0n) is 17.9. The number of ether oxygens (including phenoxy) is 5. The molecule has 10 heteroatoms. The van der Waals surface area contributed by atoms with Gasteiger partial charge in [-0.3, -0.25) is 15.0 Å². The highest BCUT2D eigenvalue weighted by Crippen LogP contribution is 2.38. The number of amides is 2. The highest BCUT2D eigenvalue weighted by atomic mass is 16.5. The van der Waals surface area contributed by atoms with Gasteiger partial charge in [0.25, 0.3) is 11.8 Å². The summed E-state index contributed by atoms with van der Waals surface area (Å²) in [5.41, 5.74) is 2.67. The van der Waals surface area contributed by atoms with Crippen molar-refractivity contribution in [2.45, 2.75) is 0 Å². The third kappa shape index (κ3) is 5.37. The highest BCUT2D eigenvalue weighted by molar-refractivity contribution is 6.05. The molecule has 0 saturated carbocycles. The van der Waals surface area contributed by atoms with Crippen LogP contribution in [-0.2, 0) is 4.79 Å². The van der Waals surface area contributed by atoms with Crippen molar-refractivity contribution in [1.29, 1.82) is 0 Å². The number of benzene rings is 2. The molecule has 0 atom stereocenters. The van der Waals surface area contributed by atoms with Crippen LogP contribution in [0.25, 0.3) is 6.08 Å². The molecule has 0 aliphatic carbocycles. The van der Waals surface area contributed by atoms with Crippen molar-refractivity contribution >= 4 is 17.9 Å². The Bertz CT molecular complexity index is 964. The van der Waals surface area contributed by atoms with Crippen LogP contribution < -0.4 is 40.3 Å². The molecule has 0 aromatic heterocycles. The quantitative estimate of drug-likeness (QED) is 0.236. The van der Waals surface area contributed by atoms with Crippen LogP contribution in [0.1, 0.15) is 15.9 Å². The number of methoxy groups -OCH3 is 5. The second-order valence-electron chi connectivity index (χ2n) is 6.01. The lowest BCUT2D eigenvalue weighted by atomic mass is 10.1. The van der Waals surface area contributed by atoms with E-state index >= 15 is 0 Å². The molecule has 0 spiro atoms. The van der Waals surface area contributed by atoms with Crippen LogP contribution in [0.2, 0.25) is 0 Å². The first-order chi connectivity index (χ1) is 14.9. The molecule has 10 nitrogen and oxygen atoms in total. The van der Waals surface area contributed by atoms with Crippen LogP contribution in [0.3, 0.4) is 0 Å². The van der Waals surface area contributed by atoms with E-state index in [9.17, 15) is 9.59 Å². The summed E-state index contributed by atoms with van der Waals surface area (Å²) in [6.45, 7) is 0. The van der Waals surface area contributed by atoms with E-state index in [0.717, 1.165) is 0 Å². The lowest BCUT2D eigenvalue weighted by molar-refractivity contribution is -0.117. The van der Waals surface area contributed by atoms with Crippen molar-refractivity contribution in [2.24, 2.45) is 5.84 Å². The number of nitrogens with two attached hydrogens (primary N) is 1. The molecule has 0 aliphatic heterocycles. The maximum atomic E-state index is 12.9. The van der Waals surface area contributed by atoms with Crippen molar-refractivity contribution in [3.05, 3.63) is 47.2 Å². The van der Waals surface area contributed by atoms with Gasteiger partial charge in [0.1, 0.15) is 5.70 Å². The van der Waals surface area contributed by atoms with Gasteiger partial charge in [0.05, 0.1) is 35.5 Å². The topological polar surface area (TPSA) is 130 Å². The summed E-state index contributed by atoms with van der Waals surface area (Å²) in [4.78, 5) is 25.1. The Morgan fingerprint density at radius 2 is 1.39 bits per heavy atom. The van der Waals surface area contributed by atoms with Crippen molar-refractivity contribution in [2.75, 3.05) is 35.5 Å². The second-order valence-corrected chi connectivity index (χ2v) is 6.01. The lowest BCUT2D eigenvalue weighted by Gasteiger charge is -2.15. The van der Waals surface area contributed by atoms with E-state index in [1.165, 1.54) is 53.8 Å². The van der Waals surface area contributed by atoms with Gasteiger partial charge in [-0.1, -0.05) is 6.07 Å². The maximum Gasteiger partial charge on any atom is 0.281 e. The molecule has 0 heterocycles. The van der Waals surface area contributed by atoms with E-state index in [-0.39, 0.29) is 11.3 Å². The largest absolute Gasteiger partial charge is 0.493 e. The summed E-state index contributed by atoms with van der Waals surface area (Å²) >= 11 is 0. The average Bonchev–Trinajstić information content (AvgIpc) is 2.81. The lowest BCUT2D eigenvalue weighted by Crippen LogP contribution is -2.38. The number of carbonyl (C=O) groups is 2. The molecule has 2 rings (SSSR count). The molecule has 31 heavy (non-hydrogen) atoms. The van der Waals surface area contributed by atoms with Crippen LogP contribution in [0.5, 0.6) is 28.7 Å². The zero-order valence-corrected chi connectivity index (χ0v) is 17.9. The number of carbonyl (C=O) groups excluding carboxylic acids is 2. The van der Waals surface area contributed by atoms with Gasteiger partial charge in [0.2, 0.25) is 5.75 Å². The summed E-state index contributed by atoms with van der Waals surface area (Å²) in [7, 11) is 7.32. The highest BCUT2D eigenvalue weighted by Gasteiger charge is 2.19. The van der Waals surface area contributed by atoms with Crippen molar-refractivity contribution in [3.63, 3.8) is 0 Å². The number of nitrogens with one attached hydrogen (secondary N) is 2. The predicted molar refractivity (Wildman–Crippen MR) is 113 cm³/mol. The molecule has 0 saturated heterocycles. The summed E-state index contributed by atoms with van der Waals surface area (Å²) in [5, 5.41) is 2.54. The normalized spacial score (nSPS) is 10.7. The van der Waals surface area contributed by atoms with Gasteiger partial charge in [0, 0.05) is 5.56 Å². The fraction of sp³-hybridized carbons (Fsp3) is 0.238. The Morgan fingerprint density at radius 3 is 1.87 bits per heavy atom. The van der Waals surface area contributed by atoms with Crippen molar-refractivity contribution < 1.29 is 33.3 Å². The number of hydrogen-bond donors (Lipinski definition) is 3. The van der Waals surface area contributed by atoms with Crippen molar-refractivity contribution in [3.8, 4) is 28.7 Å². The van der Waals surface area contributed by atoms with Gasteiger partial charge in [-0.05, 0) is 35.9 Å². The number of hydrazine groups is 1. The standard InChI is InChI=1S/C21H25N3O7/c1-27-15-7-6-12(9-16(15)28-2)8-14(21(26)24-22)23-20(25)13-10-17(29-3)19(31-5)18(11-13)30-4/h6-11H,22H2,1-5H3,(H,23,25)(H,24,26)/b14-8+. The second kappa shape index (κ2) is 10.7. The van der Waals surface area contributed by atoms with Gasteiger partial charge in [-0.15, -0.1) is 0 Å². The first-order valence-electron chi connectivity index (χ1n) is 8.98. The van der Waals surface area contributed by atoms with E-state index in [2.05, 4.69) is 5.32 Å². The summed E-state index contributed by atoms with van der Waals surface area (Å²) in [6, 6.07) is 7.94. The Labute approximate surface area is 179 Å². The third-order valence-corrected chi connectivity index (χ3v) is 4.27. The molecule has 166 valence electrons.